The Hall–Kier alpha value is -2.81. The summed E-state index contributed by atoms with van der Waals surface area (Å²) in [6.45, 7) is 2.56. The summed E-state index contributed by atoms with van der Waals surface area (Å²) in [6.07, 6.45) is 1.91. The first-order valence-electron chi connectivity index (χ1n) is 9.03. The fraction of sp³-hybridized carbons (Fsp3) is 0.500. The Labute approximate surface area is 157 Å². The van der Waals surface area contributed by atoms with Crippen LogP contribution in [0.1, 0.15) is 12.8 Å². The van der Waals surface area contributed by atoms with Crippen molar-refractivity contribution in [3.63, 3.8) is 0 Å². The van der Waals surface area contributed by atoms with Crippen LogP contribution in [0.5, 0.6) is 5.75 Å². The molecule has 0 bridgehead atoms. The summed E-state index contributed by atoms with van der Waals surface area (Å²) in [7, 11) is 0. The van der Waals surface area contributed by atoms with Crippen molar-refractivity contribution in [3.8, 4) is 5.75 Å². The summed E-state index contributed by atoms with van der Waals surface area (Å²) in [6, 6.07) is 6.36. The normalized spacial score (nSPS) is 18.3. The molecule has 9 heteroatoms. The molecule has 2 saturated heterocycles. The minimum absolute atomic E-state index is 0.0132. The number of carbonyl (C=O) groups excluding carboxylic acids is 2. The zero-order valence-corrected chi connectivity index (χ0v) is 15.0. The second-order valence-corrected chi connectivity index (χ2v) is 6.63. The standard InChI is InChI=1S/C18H24N4O5/c23-16-11-21(9-10-22(16)14-5-7-19-8-6-14)18(26)20-13-1-3-15(4-2-13)27-12-17(24)25/h1-4,14,19H,5-12H2,(H,20,26)(H,24,25). The Kier molecular flexibility index (Phi) is 6.12. The predicted octanol–water partition coefficient (Wildman–Crippen LogP) is 0.578. The SMILES string of the molecule is O=C(O)COc1ccc(NC(=O)N2CCN(C3CCNCC3)C(=O)C2)cc1. The first-order valence-corrected chi connectivity index (χ1v) is 9.03. The summed E-state index contributed by atoms with van der Waals surface area (Å²) in [5.41, 5.74) is 0.552. The van der Waals surface area contributed by atoms with Crippen LogP contribution in [0.4, 0.5) is 10.5 Å². The van der Waals surface area contributed by atoms with Crippen molar-refractivity contribution >= 4 is 23.6 Å². The molecule has 2 aliphatic heterocycles. The van der Waals surface area contributed by atoms with Crippen LogP contribution in [0.3, 0.4) is 0 Å². The maximum Gasteiger partial charge on any atom is 0.341 e. The van der Waals surface area contributed by atoms with Crippen molar-refractivity contribution < 1.29 is 24.2 Å². The molecule has 9 nitrogen and oxygen atoms in total. The topological polar surface area (TPSA) is 111 Å². The van der Waals surface area contributed by atoms with Crippen LogP contribution in [-0.2, 0) is 9.59 Å². The number of carboxylic acid groups (broad SMARTS) is 1. The van der Waals surface area contributed by atoms with Gasteiger partial charge in [0.2, 0.25) is 5.91 Å². The van der Waals surface area contributed by atoms with E-state index in [1.807, 2.05) is 4.90 Å². The average molecular weight is 376 g/mol. The number of rotatable bonds is 5. The van der Waals surface area contributed by atoms with Crippen molar-refractivity contribution in [1.82, 2.24) is 15.1 Å². The van der Waals surface area contributed by atoms with Gasteiger partial charge in [0.15, 0.2) is 6.61 Å². The number of nitrogens with zero attached hydrogens (tertiary/aromatic N) is 2. The highest BCUT2D eigenvalue weighted by atomic mass is 16.5. The van der Waals surface area contributed by atoms with E-state index in [4.69, 9.17) is 9.84 Å². The van der Waals surface area contributed by atoms with E-state index in [9.17, 15) is 14.4 Å². The summed E-state index contributed by atoms with van der Waals surface area (Å²) < 4.78 is 5.05. The Morgan fingerprint density at radius 3 is 2.52 bits per heavy atom. The maximum atomic E-state index is 12.5. The molecule has 2 aliphatic rings. The molecule has 3 N–H and O–H groups in total. The monoisotopic (exact) mass is 376 g/mol. The number of aliphatic carboxylic acids is 1. The molecule has 0 aliphatic carbocycles. The van der Waals surface area contributed by atoms with E-state index < -0.39 is 12.6 Å². The number of carboxylic acids is 1. The quantitative estimate of drug-likeness (QED) is 0.693. The number of anilines is 1. The van der Waals surface area contributed by atoms with Crippen molar-refractivity contribution in [1.29, 1.82) is 0 Å². The number of benzene rings is 1. The zero-order chi connectivity index (χ0) is 19.2. The number of amides is 3. The summed E-state index contributed by atoms with van der Waals surface area (Å²) in [4.78, 5) is 38.8. The molecule has 146 valence electrons. The maximum absolute atomic E-state index is 12.5. The zero-order valence-electron chi connectivity index (χ0n) is 15.0. The Morgan fingerprint density at radius 1 is 1.19 bits per heavy atom. The van der Waals surface area contributed by atoms with E-state index in [1.165, 1.54) is 4.90 Å². The molecule has 27 heavy (non-hydrogen) atoms. The summed E-state index contributed by atoms with van der Waals surface area (Å²) in [5.74, 6) is -0.664. The molecule has 2 fully saturated rings. The van der Waals surface area contributed by atoms with Gasteiger partial charge in [0, 0.05) is 24.8 Å². The van der Waals surface area contributed by atoms with E-state index >= 15 is 0 Å². The van der Waals surface area contributed by atoms with Gasteiger partial charge in [-0.25, -0.2) is 9.59 Å². The van der Waals surface area contributed by atoms with Gasteiger partial charge < -0.3 is 30.3 Å². The lowest BCUT2D eigenvalue weighted by Gasteiger charge is -2.40. The smallest absolute Gasteiger partial charge is 0.341 e. The Bertz CT molecular complexity index is 687. The van der Waals surface area contributed by atoms with Gasteiger partial charge in [-0.15, -0.1) is 0 Å². The largest absolute Gasteiger partial charge is 0.482 e. The van der Waals surface area contributed by atoms with Crippen molar-refractivity contribution in [3.05, 3.63) is 24.3 Å². The molecule has 0 spiro atoms. The molecular weight excluding hydrogens is 352 g/mol. The molecule has 0 unspecified atom stereocenters. The second kappa shape index (κ2) is 8.72. The van der Waals surface area contributed by atoms with Crippen LogP contribution in [0.2, 0.25) is 0 Å². The highest BCUT2D eigenvalue weighted by Gasteiger charge is 2.32. The molecule has 1 aromatic carbocycles. The number of urea groups is 1. The lowest BCUT2D eigenvalue weighted by atomic mass is 10.0. The number of hydrogen-bond acceptors (Lipinski definition) is 5. The van der Waals surface area contributed by atoms with Crippen molar-refractivity contribution in [2.45, 2.75) is 18.9 Å². The van der Waals surface area contributed by atoms with Gasteiger partial charge in [-0.05, 0) is 50.2 Å². The van der Waals surface area contributed by atoms with Gasteiger partial charge in [-0.3, -0.25) is 4.79 Å². The van der Waals surface area contributed by atoms with E-state index in [2.05, 4.69) is 10.6 Å². The third-order valence-corrected chi connectivity index (χ3v) is 4.76. The summed E-state index contributed by atoms with van der Waals surface area (Å²) >= 11 is 0. The number of piperazine rings is 1. The molecule has 0 radical (unpaired) electrons. The minimum Gasteiger partial charge on any atom is -0.482 e. The number of ether oxygens (including phenoxy) is 1. The van der Waals surface area contributed by atoms with Crippen LogP contribution in [-0.4, -0.2) is 78.2 Å². The average Bonchev–Trinajstić information content (AvgIpc) is 2.68. The minimum atomic E-state index is -1.05. The lowest BCUT2D eigenvalue weighted by molar-refractivity contribution is -0.139. The molecule has 3 rings (SSSR count). The molecule has 2 heterocycles. The van der Waals surface area contributed by atoms with Crippen LogP contribution in [0, 0.1) is 0 Å². The molecule has 0 aromatic heterocycles. The van der Waals surface area contributed by atoms with Gasteiger partial charge >= 0.3 is 12.0 Å². The van der Waals surface area contributed by atoms with Gasteiger partial charge in [0.1, 0.15) is 12.3 Å². The third-order valence-electron chi connectivity index (χ3n) is 4.76. The van der Waals surface area contributed by atoms with Gasteiger partial charge in [-0.2, -0.15) is 0 Å². The Morgan fingerprint density at radius 2 is 1.89 bits per heavy atom. The predicted molar refractivity (Wildman–Crippen MR) is 97.8 cm³/mol. The highest BCUT2D eigenvalue weighted by molar-refractivity contribution is 5.93. The Balaban J connectivity index is 1.50. The fourth-order valence-corrected chi connectivity index (χ4v) is 3.35. The van der Waals surface area contributed by atoms with E-state index in [-0.39, 0.29) is 24.5 Å². The van der Waals surface area contributed by atoms with Gasteiger partial charge in [0.25, 0.3) is 0 Å². The molecule has 0 saturated carbocycles. The number of nitrogens with one attached hydrogen (secondary N) is 2. The lowest BCUT2D eigenvalue weighted by Crippen LogP contribution is -2.57. The number of piperidine rings is 1. The van der Waals surface area contributed by atoms with Gasteiger partial charge in [0.05, 0.1) is 0 Å². The third kappa shape index (κ3) is 5.10. The first kappa shape index (κ1) is 19.0. The number of hydrogen-bond donors (Lipinski definition) is 3. The van der Waals surface area contributed by atoms with E-state index in [1.54, 1.807) is 24.3 Å². The number of carbonyl (C=O) groups is 3. The van der Waals surface area contributed by atoms with E-state index in [0.717, 1.165) is 25.9 Å². The molecule has 0 atom stereocenters. The van der Waals surface area contributed by atoms with Gasteiger partial charge in [-0.1, -0.05) is 0 Å². The van der Waals surface area contributed by atoms with Crippen molar-refractivity contribution in [2.24, 2.45) is 0 Å². The molecular formula is C18H24N4O5. The van der Waals surface area contributed by atoms with E-state index in [0.29, 0.717) is 24.5 Å². The fourth-order valence-electron chi connectivity index (χ4n) is 3.35. The van der Waals surface area contributed by atoms with Crippen LogP contribution >= 0.6 is 0 Å². The summed E-state index contributed by atoms with van der Waals surface area (Å²) in [5, 5.41) is 14.6. The van der Waals surface area contributed by atoms with Crippen molar-refractivity contribution in [2.75, 3.05) is 44.6 Å². The molecule has 3 amide bonds. The first-order chi connectivity index (χ1) is 13.0. The molecule has 1 aromatic rings. The van der Waals surface area contributed by atoms with Crippen LogP contribution in [0.15, 0.2) is 24.3 Å². The highest BCUT2D eigenvalue weighted by Crippen LogP contribution is 2.18. The van der Waals surface area contributed by atoms with Crippen LogP contribution < -0.4 is 15.4 Å². The second-order valence-electron chi connectivity index (χ2n) is 6.63. The van der Waals surface area contributed by atoms with Crippen LogP contribution in [0.25, 0.3) is 0 Å².